The van der Waals surface area contributed by atoms with Gasteiger partial charge in [0.2, 0.25) is 5.91 Å². The number of aromatic nitrogens is 1. The summed E-state index contributed by atoms with van der Waals surface area (Å²) < 4.78 is 46.3. The highest BCUT2D eigenvalue weighted by Gasteiger charge is 2.57. The maximum absolute atomic E-state index is 14.5. The van der Waals surface area contributed by atoms with Gasteiger partial charge in [0.25, 0.3) is 0 Å². The van der Waals surface area contributed by atoms with Gasteiger partial charge in [-0.1, -0.05) is 40.7 Å². The molecule has 0 spiro atoms. The molecule has 5 N–H and O–H groups in total. The summed E-state index contributed by atoms with van der Waals surface area (Å²) in [6, 6.07) is 5.23. The number of carbonyl (C=O) groups excluding carboxylic acids is 2. The van der Waals surface area contributed by atoms with Gasteiger partial charge >= 0.3 is 5.97 Å². The van der Waals surface area contributed by atoms with Gasteiger partial charge in [0.05, 0.1) is 53.7 Å². The number of carbonyl (C=O) groups is 2. The average Bonchev–Trinajstić information content (AvgIpc) is 3.45. The summed E-state index contributed by atoms with van der Waals surface area (Å²) in [6.45, 7) is 21.6. The fraction of sp³-hybridized carbons (Fsp3) is 0.848. The maximum Gasteiger partial charge on any atom is 0.311 e. The van der Waals surface area contributed by atoms with E-state index in [1.54, 1.807) is 13.3 Å². The average molecular weight is 862 g/mol. The van der Waals surface area contributed by atoms with Crippen LogP contribution in [0.1, 0.15) is 101 Å². The number of aliphatic hydroxyl groups is 1. The zero-order valence-corrected chi connectivity index (χ0v) is 39.2. The summed E-state index contributed by atoms with van der Waals surface area (Å²) in [4.78, 5) is 34.7. The summed E-state index contributed by atoms with van der Waals surface area (Å²) >= 11 is 0. The van der Waals surface area contributed by atoms with E-state index in [0.29, 0.717) is 38.9 Å². The second kappa shape index (κ2) is 21.1. The lowest BCUT2D eigenvalue weighted by atomic mass is 9.76. The number of nitrogens with one attached hydrogen (secondary N) is 2. The van der Waals surface area contributed by atoms with E-state index in [1.165, 1.54) is 0 Å². The van der Waals surface area contributed by atoms with Crippen LogP contribution in [0.25, 0.3) is 0 Å². The molecular weight excluding hydrogens is 783 g/mol. The Morgan fingerprint density at radius 2 is 1.72 bits per heavy atom. The SMILES string of the molecule is CC[C@@H]1OC(=O)[C@H](C)[C@@H](O[C@H]2C[C@@](C)(OC)C(C(=O)NCCNCc3ccccn3)[C@H](C)O2)[C@H](C)[C@@H](O[C@@H]2O[C@H](C)C[C@H](N(C)C)[C@H]2O)[C@H](C)C[C@@H](C)[C@H]2OC1(C)[C@@H](N)[C@@H]2C. The minimum atomic E-state index is -0.967. The minimum Gasteiger partial charge on any atom is -0.459 e. The van der Waals surface area contributed by atoms with Gasteiger partial charge in [-0.15, -0.1) is 0 Å². The second-order valence-corrected chi connectivity index (χ2v) is 19.4. The number of fused-ring (bicyclic) bond motifs is 2. The lowest BCUT2D eigenvalue weighted by Gasteiger charge is -2.48. The van der Waals surface area contributed by atoms with Gasteiger partial charge in [-0.2, -0.15) is 0 Å². The predicted molar refractivity (Wildman–Crippen MR) is 231 cm³/mol. The van der Waals surface area contributed by atoms with Crippen molar-refractivity contribution >= 4 is 11.9 Å². The highest BCUT2D eigenvalue weighted by molar-refractivity contribution is 5.80. The molecule has 0 aromatic carbocycles. The Kier molecular flexibility index (Phi) is 17.2. The first-order valence-electron chi connectivity index (χ1n) is 22.8. The van der Waals surface area contributed by atoms with Gasteiger partial charge in [0.15, 0.2) is 12.6 Å². The maximum atomic E-state index is 14.5. The van der Waals surface area contributed by atoms with E-state index in [4.69, 9.17) is 38.9 Å². The van der Waals surface area contributed by atoms with E-state index in [0.717, 1.165) is 5.69 Å². The molecule has 4 fully saturated rings. The molecule has 15 heteroatoms. The van der Waals surface area contributed by atoms with Crippen LogP contribution in [0.4, 0.5) is 0 Å². The summed E-state index contributed by atoms with van der Waals surface area (Å²) in [5.74, 6) is -2.53. The van der Waals surface area contributed by atoms with Crippen molar-refractivity contribution in [3.63, 3.8) is 0 Å². The summed E-state index contributed by atoms with van der Waals surface area (Å²) in [5, 5.41) is 18.1. The fourth-order valence-corrected chi connectivity index (χ4v) is 10.8. The molecule has 2 bridgehead atoms. The Labute approximate surface area is 365 Å². The number of likely N-dealkylation sites (N-methyl/N-ethyl adjacent to an activating group) is 1. The normalized spacial score (nSPS) is 43.8. The number of amides is 1. The van der Waals surface area contributed by atoms with Crippen LogP contribution in [0, 0.1) is 35.5 Å². The van der Waals surface area contributed by atoms with Crippen LogP contribution in [-0.2, 0) is 49.3 Å². The number of aliphatic hydroxyl groups excluding tert-OH is 1. The largest absolute Gasteiger partial charge is 0.459 e. The van der Waals surface area contributed by atoms with Gasteiger partial charge in [-0.05, 0) is 91.9 Å². The van der Waals surface area contributed by atoms with Crippen LogP contribution in [-0.4, -0.2) is 140 Å². The van der Waals surface area contributed by atoms with Crippen molar-refractivity contribution in [2.45, 2.75) is 180 Å². The Morgan fingerprint density at radius 1 is 1.00 bits per heavy atom. The Morgan fingerprint density at radius 3 is 2.36 bits per heavy atom. The van der Waals surface area contributed by atoms with Crippen molar-refractivity contribution in [2.24, 2.45) is 41.2 Å². The van der Waals surface area contributed by atoms with Gasteiger partial charge in [-0.3, -0.25) is 14.6 Å². The fourth-order valence-electron chi connectivity index (χ4n) is 10.8. The number of cyclic esters (lactones) is 1. The Balaban J connectivity index is 1.42. The summed E-state index contributed by atoms with van der Waals surface area (Å²) in [5.41, 5.74) is 6.00. The highest BCUT2D eigenvalue weighted by Crippen LogP contribution is 2.45. The molecule has 0 radical (unpaired) electrons. The van der Waals surface area contributed by atoms with Gasteiger partial charge < -0.3 is 59.5 Å². The van der Waals surface area contributed by atoms with Gasteiger partial charge in [0.1, 0.15) is 17.8 Å². The number of rotatable bonds is 13. The standard InChI is InChI=1S/C46H79N5O10/c1-14-34-46(10)41(47)29(6)39(61-46)26(3)21-25(2)38(60-44-37(52)33(51(11)12)22-27(4)56-44)28(5)40(30(7)43(54)58-34)59-35-23-45(9,55-13)36(31(8)57-35)42(53)50-20-19-48-24-32-17-15-16-18-49-32/h15-18,25-31,33-41,44,48,52H,14,19-24,47H2,1-13H3,(H,50,53)/t25-,26-,27-,28-,29-,30-,31+,33+,34+,35+,36?,37-,38+,39-,40+,41+,44+,45-,46?/m1/s1. The molecule has 4 aliphatic heterocycles. The summed E-state index contributed by atoms with van der Waals surface area (Å²) in [6.07, 6.45) is -1.69. The molecular formula is C46H79N5O10. The van der Waals surface area contributed by atoms with Crippen LogP contribution in [0.15, 0.2) is 24.4 Å². The highest BCUT2D eigenvalue weighted by atomic mass is 16.7. The van der Waals surface area contributed by atoms with Crippen molar-refractivity contribution < 1.29 is 47.9 Å². The van der Waals surface area contributed by atoms with E-state index in [1.807, 2.05) is 85.7 Å². The first-order chi connectivity index (χ1) is 28.8. The third-order valence-corrected chi connectivity index (χ3v) is 14.5. The van der Waals surface area contributed by atoms with Gasteiger partial charge in [0, 0.05) is 63.3 Å². The smallest absolute Gasteiger partial charge is 0.311 e. The van der Waals surface area contributed by atoms with Gasteiger partial charge in [-0.25, -0.2) is 0 Å². The third-order valence-electron chi connectivity index (χ3n) is 14.5. The summed E-state index contributed by atoms with van der Waals surface area (Å²) in [7, 11) is 5.50. The van der Waals surface area contributed by atoms with Crippen LogP contribution in [0.5, 0.6) is 0 Å². The lowest BCUT2D eigenvalue weighted by molar-refractivity contribution is -0.301. The number of methoxy groups -OCH3 is 1. The Bertz CT molecular complexity index is 1560. The number of nitrogens with two attached hydrogens (primary N) is 1. The zero-order valence-electron chi connectivity index (χ0n) is 39.2. The van der Waals surface area contributed by atoms with Crippen LogP contribution in [0.2, 0.25) is 0 Å². The number of hydrogen-bond acceptors (Lipinski definition) is 14. The number of esters is 1. The number of pyridine rings is 1. The van der Waals surface area contributed by atoms with Crippen molar-refractivity contribution in [1.29, 1.82) is 0 Å². The Hall–Kier alpha value is -2.31. The lowest BCUT2D eigenvalue weighted by Crippen LogP contribution is -2.59. The monoisotopic (exact) mass is 862 g/mol. The minimum absolute atomic E-state index is 0.0127. The molecule has 15 nitrogen and oxygen atoms in total. The van der Waals surface area contributed by atoms with E-state index in [2.05, 4.69) is 36.4 Å². The first kappa shape index (κ1) is 49.7. The first-order valence-corrected chi connectivity index (χ1v) is 22.8. The quantitative estimate of drug-likeness (QED) is 0.165. The molecule has 2 unspecified atom stereocenters. The van der Waals surface area contributed by atoms with E-state index >= 15 is 0 Å². The van der Waals surface area contributed by atoms with E-state index in [9.17, 15) is 14.7 Å². The number of hydrogen-bond donors (Lipinski definition) is 4. The molecule has 5 heterocycles. The molecule has 1 aromatic rings. The molecule has 1 aromatic heterocycles. The van der Waals surface area contributed by atoms with Crippen molar-refractivity contribution in [2.75, 3.05) is 34.3 Å². The van der Waals surface area contributed by atoms with Crippen molar-refractivity contribution in [1.82, 2.24) is 20.5 Å². The molecule has 348 valence electrons. The molecule has 0 aliphatic carbocycles. The second-order valence-electron chi connectivity index (χ2n) is 19.4. The molecule has 1 amide bonds. The molecule has 61 heavy (non-hydrogen) atoms. The van der Waals surface area contributed by atoms with Crippen molar-refractivity contribution in [3.05, 3.63) is 30.1 Å². The van der Waals surface area contributed by atoms with E-state index < -0.39 is 78.0 Å². The van der Waals surface area contributed by atoms with Crippen molar-refractivity contribution in [3.8, 4) is 0 Å². The van der Waals surface area contributed by atoms with Crippen LogP contribution >= 0.6 is 0 Å². The molecule has 5 rings (SSSR count). The predicted octanol–water partition coefficient (Wildman–Crippen LogP) is 4.03. The topological polar surface area (TPSA) is 185 Å². The third kappa shape index (κ3) is 11.1. The molecule has 0 saturated carbocycles. The molecule has 19 atom stereocenters. The van der Waals surface area contributed by atoms with Crippen LogP contribution in [0.3, 0.4) is 0 Å². The molecule has 4 aliphatic rings. The zero-order chi connectivity index (χ0) is 45.0. The number of ether oxygens (including phenoxy) is 7. The van der Waals surface area contributed by atoms with E-state index in [-0.39, 0.29) is 54.4 Å². The molecule has 4 saturated heterocycles. The van der Waals surface area contributed by atoms with Crippen LogP contribution < -0.4 is 16.4 Å². The number of nitrogens with zero attached hydrogens (tertiary/aromatic N) is 2.